The van der Waals surface area contributed by atoms with Gasteiger partial charge in [0.15, 0.2) is 0 Å². The Kier molecular flexibility index (Phi) is 4.36. The Morgan fingerprint density at radius 1 is 1.40 bits per heavy atom. The van der Waals surface area contributed by atoms with E-state index in [4.69, 9.17) is 5.11 Å². The molecule has 0 saturated heterocycles. The molecule has 0 saturated carbocycles. The Hall–Kier alpha value is -2.35. The van der Waals surface area contributed by atoms with Gasteiger partial charge in [0.1, 0.15) is 4.88 Å². The zero-order valence-electron chi connectivity index (χ0n) is 10.7. The minimum absolute atomic E-state index is 0.146. The molecule has 0 aliphatic carbocycles. The van der Waals surface area contributed by atoms with Crippen LogP contribution in [-0.2, 0) is 17.6 Å². The van der Waals surface area contributed by atoms with Crippen LogP contribution in [0.3, 0.4) is 0 Å². The van der Waals surface area contributed by atoms with Gasteiger partial charge in [0.05, 0.1) is 29.7 Å². The maximum Gasteiger partial charge on any atom is 0.309 e. The molecule has 2 heterocycles. The van der Waals surface area contributed by atoms with Crippen LogP contribution in [0.5, 0.6) is 0 Å². The van der Waals surface area contributed by atoms with Crippen molar-refractivity contribution in [1.29, 1.82) is 0 Å². The lowest BCUT2D eigenvalue weighted by atomic mass is 10.2. The van der Waals surface area contributed by atoms with Crippen molar-refractivity contribution in [3.05, 3.63) is 34.6 Å². The van der Waals surface area contributed by atoms with E-state index in [1.165, 1.54) is 6.20 Å². The van der Waals surface area contributed by atoms with Crippen molar-refractivity contribution in [2.75, 3.05) is 5.32 Å². The molecule has 0 atom stereocenters. The van der Waals surface area contributed by atoms with Crippen LogP contribution in [0.2, 0.25) is 0 Å². The number of aromatic nitrogens is 3. The highest BCUT2D eigenvalue weighted by Gasteiger charge is 2.15. The first kappa shape index (κ1) is 14.1. The lowest BCUT2D eigenvalue weighted by Gasteiger charge is -2.04. The van der Waals surface area contributed by atoms with Gasteiger partial charge in [-0.3, -0.25) is 14.6 Å². The monoisotopic (exact) mass is 292 g/mol. The number of aliphatic carboxylic acids is 1. The maximum atomic E-state index is 12.0. The van der Waals surface area contributed by atoms with Crippen molar-refractivity contribution in [2.45, 2.75) is 19.8 Å². The summed E-state index contributed by atoms with van der Waals surface area (Å²) in [6, 6.07) is 3.18. The van der Waals surface area contributed by atoms with Crippen LogP contribution >= 0.6 is 11.5 Å². The summed E-state index contributed by atoms with van der Waals surface area (Å²) in [6.07, 6.45) is 1.91. The van der Waals surface area contributed by atoms with E-state index in [0.717, 1.165) is 11.5 Å². The van der Waals surface area contributed by atoms with Gasteiger partial charge in [-0.1, -0.05) is 11.4 Å². The largest absolute Gasteiger partial charge is 0.481 e. The van der Waals surface area contributed by atoms with Crippen molar-refractivity contribution in [2.24, 2.45) is 0 Å². The molecule has 0 radical (unpaired) electrons. The molecule has 0 unspecified atom stereocenters. The fraction of sp³-hybridized carbons (Fsp3) is 0.250. The molecular weight excluding hydrogens is 280 g/mol. The first-order valence-electron chi connectivity index (χ1n) is 5.89. The zero-order chi connectivity index (χ0) is 14.5. The molecule has 2 N–H and O–H groups in total. The van der Waals surface area contributed by atoms with Gasteiger partial charge >= 0.3 is 5.97 Å². The summed E-state index contributed by atoms with van der Waals surface area (Å²) in [4.78, 5) is 27.0. The first-order valence-corrected chi connectivity index (χ1v) is 6.66. The van der Waals surface area contributed by atoms with Gasteiger partial charge in [-0.25, -0.2) is 0 Å². The number of hydrogen-bond acceptors (Lipinski definition) is 6. The number of amides is 1. The standard InChI is InChI=1S/C12H12N4O3S/c1-2-9-11(20-16-15-9)12(19)14-8-4-3-7(13-6-8)5-10(17)18/h3-4,6H,2,5H2,1H3,(H,14,19)(H,17,18). The van der Waals surface area contributed by atoms with E-state index in [1.807, 2.05) is 6.92 Å². The molecule has 0 spiro atoms. The van der Waals surface area contributed by atoms with Crippen LogP contribution in [0.1, 0.15) is 28.0 Å². The van der Waals surface area contributed by atoms with Gasteiger partial charge in [0, 0.05) is 0 Å². The maximum absolute atomic E-state index is 12.0. The molecular formula is C12H12N4O3S. The van der Waals surface area contributed by atoms with E-state index in [-0.39, 0.29) is 12.3 Å². The van der Waals surface area contributed by atoms with E-state index >= 15 is 0 Å². The Morgan fingerprint density at radius 2 is 2.20 bits per heavy atom. The van der Waals surface area contributed by atoms with Crippen LogP contribution in [-0.4, -0.2) is 31.6 Å². The average Bonchev–Trinajstić information content (AvgIpc) is 2.89. The molecule has 2 aromatic heterocycles. The summed E-state index contributed by atoms with van der Waals surface area (Å²) < 4.78 is 3.75. The molecule has 8 heteroatoms. The Balaban J connectivity index is 2.06. The SMILES string of the molecule is CCc1nnsc1C(=O)Nc1ccc(CC(=O)O)nc1. The molecule has 0 bridgehead atoms. The minimum atomic E-state index is -0.947. The lowest BCUT2D eigenvalue weighted by molar-refractivity contribution is -0.136. The number of carbonyl (C=O) groups excluding carboxylic acids is 1. The Labute approximate surface area is 118 Å². The van der Waals surface area contributed by atoms with Crippen molar-refractivity contribution >= 4 is 29.1 Å². The molecule has 0 aliphatic heterocycles. The number of carbonyl (C=O) groups is 2. The second kappa shape index (κ2) is 6.20. The smallest absolute Gasteiger partial charge is 0.309 e. The zero-order valence-corrected chi connectivity index (χ0v) is 11.5. The average molecular weight is 292 g/mol. The van der Waals surface area contributed by atoms with Gasteiger partial charge in [0.2, 0.25) is 0 Å². The quantitative estimate of drug-likeness (QED) is 0.862. The van der Waals surface area contributed by atoms with Crippen LogP contribution in [0, 0.1) is 0 Å². The summed E-state index contributed by atoms with van der Waals surface area (Å²) in [5.74, 6) is -1.23. The predicted octanol–water partition coefficient (Wildman–Crippen LogP) is 1.37. The van der Waals surface area contributed by atoms with E-state index in [0.29, 0.717) is 28.4 Å². The van der Waals surface area contributed by atoms with Gasteiger partial charge in [-0.05, 0) is 30.1 Å². The second-order valence-corrected chi connectivity index (χ2v) is 4.72. The molecule has 0 aromatic carbocycles. The van der Waals surface area contributed by atoms with E-state index in [9.17, 15) is 9.59 Å². The summed E-state index contributed by atoms with van der Waals surface area (Å²) >= 11 is 1.04. The van der Waals surface area contributed by atoms with Crippen molar-refractivity contribution in [3.63, 3.8) is 0 Å². The van der Waals surface area contributed by atoms with E-state index < -0.39 is 5.97 Å². The number of carboxylic acid groups (broad SMARTS) is 1. The van der Waals surface area contributed by atoms with Gasteiger partial charge < -0.3 is 10.4 Å². The highest BCUT2D eigenvalue weighted by Crippen LogP contribution is 2.14. The summed E-state index contributed by atoms with van der Waals surface area (Å²) in [7, 11) is 0. The van der Waals surface area contributed by atoms with Crippen molar-refractivity contribution in [1.82, 2.24) is 14.6 Å². The number of aryl methyl sites for hydroxylation is 1. The lowest BCUT2D eigenvalue weighted by Crippen LogP contribution is -2.13. The highest BCUT2D eigenvalue weighted by molar-refractivity contribution is 7.08. The minimum Gasteiger partial charge on any atom is -0.481 e. The first-order chi connectivity index (χ1) is 9.60. The van der Waals surface area contributed by atoms with Gasteiger partial charge in [0.25, 0.3) is 5.91 Å². The molecule has 104 valence electrons. The molecule has 2 aromatic rings. The summed E-state index contributed by atoms with van der Waals surface area (Å²) in [6.45, 7) is 1.90. The number of nitrogens with one attached hydrogen (secondary N) is 1. The fourth-order valence-electron chi connectivity index (χ4n) is 1.56. The molecule has 0 aliphatic rings. The number of hydrogen-bond donors (Lipinski definition) is 2. The van der Waals surface area contributed by atoms with Crippen molar-refractivity contribution in [3.8, 4) is 0 Å². The fourth-order valence-corrected chi connectivity index (χ4v) is 2.20. The third-order valence-corrected chi connectivity index (χ3v) is 3.28. The van der Waals surface area contributed by atoms with Crippen LogP contribution in [0.25, 0.3) is 0 Å². The Morgan fingerprint density at radius 3 is 2.80 bits per heavy atom. The van der Waals surface area contributed by atoms with Gasteiger partial charge in [-0.2, -0.15) is 0 Å². The number of rotatable bonds is 5. The number of carboxylic acids is 1. The van der Waals surface area contributed by atoms with Gasteiger partial charge in [-0.15, -0.1) is 5.10 Å². The number of nitrogens with zero attached hydrogens (tertiary/aromatic N) is 3. The molecule has 1 amide bonds. The van der Waals surface area contributed by atoms with E-state index in [2.05, 4.69) is 19.9 Å². The summed E-state index contributed by atoms with van der Waals surface area (Å²) in [5, 5.41) is 15.2. The Bertz CT molecular complexity index is 624. The van der Waals surface area contributed by atoms with Crippen molar-refractivity contribution < 1.29 is 14.7 Å². The third-order valence-electron chi connectivity index (χ3n) is 2.51. The highest BCUT2D eigenvalue weighted by atomic mass is 32.1. The predicted molar refractivity (Wildman–Crippen MR) is 72.8 cm³/mol. The van der Waals surface area contributed by atoms with E-state index in [1.54, 1.807) is 12.1 Å². The number of pyridine rings is 1. The van der Waals surface area contributed by atoms with Crippen LogP contribution in [0.4, 0.5) is 5.69 Å². The van der Waals surface area contributed by atoms with Crippen LogP contribution < -0.4 is 5.32 Å². The summed E-state index contributed by atoms with van der Waals surface area (Å²) in [5.41, 5.74) is 1.59. The molecule has 0 fully saturated rings. The molecule has 2 rings (SSSR count). The normalized spacial score (nSPS) is 10.2. The molecule has 20 heavy (non-hydrogen) atoms. The molecule has 7 nitrogen and oxygen atoms in total. The second-order valence-electron chi connectivity index (χ2n) is 3.97. The van der Waals surface area contributed by atoms with Crippen LogP contribution in [0.15, 0.2) is 18.3 Å². The topological polar surface area (TPSA) is 105 Å². The number of anilines is 1. The third kappa shape index (κ3) is 3.35.